The molecular weight excluding hydrogens is 505 g/mol. The average Bonchev–Trinajstić information content (AvgIpc) is 3.46. The molecule has 2 heterocycles. The molecule has 2 aliphatic heterocycles. The van der Waals surface area contributed by atoms with Gasteiger partial charge in [-0.1, -0.05) is 59.6 Å². The molecule has 3 aliphatic rings. The molecule has 9 heteroatoms. The van der Waals surface area contributed by atoms with Crippen LogP contribution in [0.2, 0.25) is 10.0 Å². The average molecular weight is 522 g/mol. The van der Waals surface area contributed by atoms with E-state index >= 15 is 0 Å². The highest BCUT2D eigenvalue weighted by Crippen LogP contribution is 2.57. The Labute approximate surface area is 215 Å². The number of carbonyl (C=O) groups excluding carboxylic acids is 4. The monoisotopic (exact) mass is 521 g/mol. The number of benzene rings is 3. The van der Waals surface area contributed by atoms with Gasteiger partial charge in [0.2, 0.25) is 29.0 Å². The Bertz CT molecular complexity index is 1450. The number of amides is 2. The van der Waals surface area contributed by atoms with E-state index in [1.165, 1.54) is 37.4 Å². The molecule has 0 bridgehead atoms. The minimum Gasteiger partial charge on any atom is -0.497 e. The van der Waals surface area contributed by atoms with Crippen LogP contribution in [0.5, 0.6) is 5.75 Å². The Kier molecular flexibility index (Phi) is 5.09. The molecule has 7 nitrogen and oxygen atoms in total. The molecule has 2 fully saturated rings. The van der Waals surface area contributed by atoms with E-state index in [-0.39, 0.29) is 26.9 Å². The first-order valence-corrected chi connectivity index (χ1v) is 11.9. The predicted molar refractivity (Wildman–Crippen MR) is 131 cm³/mol. The smallest absolute Gasteiger partial charge is 0.241 e. The van der Waals surface area contributed by atoms with E-state index in [4.69, 9.17) is 32.7 Å². The third-order valence-corrected chi connectivity index (χ3v) is 7.86. The first-order chi connectivity index (χ1) is 17.3. The lowest BCUT2D eigenvalue weighted by atomic mass is 9.77. The summed E-state index contributed by atoms with van der Waals surface area (Å²) in [5.41, 5.74) is -1.06. The van der Waals surface area contributed by atoms with E-state index in [0.717, 1.165) is 4.90 Å². The summed E-state index contributed by atoms with van der Waals surface area (Å²) in [5, 5.41) is 0.414. The molecule has 0 saturated carbocycles. The van der Waals surface area contributed by atoms with Gasteiger partial charge in [0.15, 0.2) is 0 Å². The summed E-state index contributed by atoms with van der Waals surface area (Å²) in [7, 11) is 1.52. The van der Waals surface area contributed by atoms with Crippen molar-refractivity contribution in [1.29, 1.82) is 0 Å². The summed E-state index contributed by atoms with van der Waals surface area (Å²) in [6, 6.07) is 17.5. The van der Waals surface area contributed by atoms with E-state index in [9.17, 15) is 19.2 Å². The van der Waals surface area contributed by atoms with Gasteiger partial charge >= 0.3 is 0 Å². The number of nitrogens with zero attached hydrogens (tertiary/aromatic N) is 1. The van der Waals surface area contributed by atoms with Crippen LogP contribution in [0.15, 0.2) is 66.7 Å². The van der Waals surface area contributed by atoms with Gasteiger partial charge in [-0.05, 0) is 35.9 Å². The van der Waals surface area contributed by atoms with Crippen LogP contribution in [0, 0.1) is 11.8 Å². The highest BCUT2D eigenvalue weighted by atomic mass is 35.5. The zero-order chi connectivity index (χ0) is 25.4. The van der Waals surface area contributed by atoms with Gasteiger partial charge in [0.05, 0.1) is 40.8 Å². The number of Topliss-reactive ketones (excluding diaryl/α,β-unsaturated/α-hetero) is 2. The molecule has 1 spiro atoms. The number of ether oxygens (including phenoxy) is 2. The van der Waals surface area contributed by atoms with Crippen LogP contribution in [-0.4, -0.2) is 36.1 Å². The minimum atomic E-state index is -2.14. The number of hydrogen-bond donors (Lipinski definition) is 0. The van der Waals surface area contributed by atoms with E-state index in [2.05, 4.69) is 0 Å². The molecule has 0 N–H and O–H groups in total. The number of fused-ring (bicyclic) bond motifs is 3. The van der Waals surface area contributed by atoms with Gasteiger partial charge < -0.3 is 9.47 Å². The van der Waals surface area contributed by atoms with Crippen LogP contribution in [0.3, 0.4) is 0 Å². The maximum Gasteiger partial charge on any atom is 0.241 e. The summed E-state index contributed by atoms with van der Waals surface area (Å²) in [6.07, 6.45) is -1.02. The van der Waals surface area contributed by atoms with Crippen LogP contribution in [0.25, 0.3) is 0 Å². The lowest BCUT2D eigenvalue weighted by molar-refractivity contribution is -0.127. The van der Waals surface area contributed by atoms with E-state index in [1.54, 1.807) is 36.4 Å². The van der Waals surface area contributed by atoms with E-state index < -0.39 is 46.9 Å². The van der Waals surface area contributed by atoms with E-state index in [1.807, 2.05) is 0 Å². The van der Waals surface area contributed by atoms with Crippen molar-refractivity contribution in [2.45, 2.75) is 11.7 Å². The molecule has 2 saturated heterocycles. The van der Waals surface area contributed by atoms with Crippen molar-refractivity contribution in [2.75, 3.05) is 12.0 Å². The zero-order valence-corrected chi connectivity index (χ0v) is 20.2. The maximum atomic E-state index is 13.9. The molecule has 3 aromatic carbocycles. The van der Waals surface area contributed by atoms with Crippen LogP contribution in [-0.2, 0) is 14.3 Å². The van der Waals surface area contributed by atoms with Crippen molar-refractivity contribution >= 4 is 52.3 Å². The molecule has 6 rings (SSSR count). The molecule has 0 unspecified atom stereocenters. The second-order valence-electron chi connectivity index (χ2n) is 8.86. The fourth-order valence-corrected chi connectivity index (χ4v) is 5.78. The van der Waals surface area contributed by atoms with Crippen LogP contribution in [0.1, 0.15) is 32.4 Å². The third-order valence-electron chi connectivity index (χ3n) is 7.12. The Morgan fingerprint density at radius 2 is 1.47 bits per heavy atom. The lowest BCUT2D eigenvalue weighted by Crippen LogP contribution is -2.51. The molecule has 3 aromatic rings. The van der Waals surface area contributed by atoms with Crippen molar-refractivity contribution in [3.05, 3.63) is 93.5 Å². The molecule has 3 atom stereocenters. The van der Waals surface area contributed by atoms with Crippen LogP contribution in [0.4, 0.5) is 5.69 Å². The van der Waals surface area contributed by atoms with Crippen molar-refractivity contribution in [1.82, 2.24) is 0 Å². The Morgan fingerprint density at radius 1 is 0.833 bits per heavy atom. The molecule has 0 radical (unpaired) electrons. The van der Waals surface area contributed by atoms with Crippen molar-refractivity contribution < 1.29 is 28.7 Å². The predicted octanol–water partition coefficient (Wildman–Crippen LogP) is 4.70. The molecule has 1 aliphatic carbocycles. The summed E-state index contributed by atoms with van der Waals surface area (Å²) in [6.45, 7) is 0. The SMILES string of the molecule is COc1ccc([C@H]2OC3(C(=O)c4ccccc4C3=O)[C@@H]3C(=O)N(c4ccc(Cl)c(Cl)c4)C(=O)[C@H]23)cc1. The number of imide groups is 1. The number of hydrogen-bond acceptors (Lipinski definition) is 6. The first-order valence-electron chi connectivity index (χ1n) is 11.1. The molecule has 36 heavy (non-hydrogen) atoms. The Morgan fingerprint density at radius 3 is 2.06 bits per heavy atom. The van der Waals surface area contributed by atoms with Crippen molar-refractivity contribution in [3.8, 4) is 5.75 Å². The number of carbonyl (C=O) groups is 4. The number of methoxy groups -OCH3 is 1. The van der Waals surface area contributed by atoms with Gasteiger partial charge in [0, 0.05) is 11.1 Å². The van der Waals surface area contributed by atoms with Gasteiger partial charge in [-0.2, -0.15) is 0 Å². The van der Waals surface area contributed by atoms with Gasteiger partial charge in [-0.3, -0.25) is 19.2 Å². The lowest BCUT2D eigenvalue weighted by Gasteiger charge is -2.27. The number of halogens is 2. The number of anilines is 1. The van der Waals surface area contributed by atoms with Gasteiger partial charge in [0.1, 0.15) is 5.75 Å². The quantitative estimate of drug-likeness (QED) is 0.366. The summed E-state index contributed by atoms with van der Waals surface area (Å²) in [5.74, 6) is -4.40. The van der Waals surface area contributed by atoms with Crippen LogP contribution >= 0.6 is 23.2 Å². The fraction of sp³-hybridized carbons (Fsp3) is 0.185. The summed E-state index contributed by atoms with van der Waals surface area (Å²) >= 11 is 12.2. The minimum absolute atomic E-state index is 0.157. The normalized spacial score (nSPS) is 24.0. The second kappa shape index (κ2) is 8.00. The molecule has 2 amide bonds. The second-order valence-corrected chi connectivity index (χ2v) is 9.68. The topological polar surface area (TPSA) is 90.0 Å². The highest BCUT2D eigenvalue weighted by Gasteiger charge is 2.74. The van der Waals surface area contributed by atoms with Crippen molar-refractivity contribution in [2.24, 2.45) is 11.8 Å². The van der Waals surface area contributed by atoms with Gasteiger partial charge in [0.25, 0.3) is 0 Å². The molecule has 180 valence electrons. The third kappa shape index (κ3) is 2.91. The number of ketones is 2. The standard InChI is InChI=1S/C27H17Cl2NO6/c1-35-15-9-6-13(7-10-15)22-20-21(26(34)30(25(20)33)14-8-11-18(28)19(29)12-14)27(36-22)23(31)16-4-2-3-5-17(16)24(27)32/h2-12,20-22H,1H3/t20-,21-,22+/m0/s1. The van der Waals surface area contributed by atoms with Crippen molar-refractivity contribution in [3.63, 3.8) is 0 Å². The molecular formula is C27H17Cl2NO6. The van der Waals surface area contributed by atoms with Crippen LogP contribution < -0.4 is 9.64 Å². The zero-order valence-electron chi connectivity index (χ0n) is 18.7. The highest BCUT2D eigenvalue weighted by molar-refractivity contribution is 6.42. The summed E-state index contributed by atoms with van der Waals surface area (Å²) < 4.78 is 11.5. The molecule has 0 aromatic heterocycles. The fourth-order valence-electron chi connectivity index (χ4n) is 5.49. The Hall–Kier alpha value is -3.52. The van der Waals surface area contributed by atoms with Gasteiger partial charge in [-0.15, -0.1) is 0 Å². The number of rotatable bonds is 3. The Balaban J connectivity index is 1.53. The first kappa shape index (κ1) is 22.9. The van der Waals surface area contributed by atoms with Gasteiger partial charge in [-0.25, -0.2) is 4.90 Å². The largest absolute Gasteiger partial charge is 0.497 e. The maximum absolute atomic E-state index is 13.9. The van der Waals surface area contributed by atoms with E-state index in [0.29, 0.717) is 11.3 Å². The summed E-state index contributed by atoms with van der Waals surface area (Å²) in [4.78, 5) is 56.2.